The smallest absolute Gasteiger partial charge is 0.759 e. The van der Waals surface area contributed by atoms with E-state index in [4.69, 9.17) is 20.4 Å². The van der Waals surface area contributed by atoms with Gasteiger partial charge in [-0.3, -0.25) is 9.89 Å². The monoisotopic (exact) mass is 755 g/mol. The van der Waals surface area contributed by atoms with E-state index >= 15 is 0 Å². The second kappa shape index (κ2) is 17.5. The van der Waals surface area contributed by atoms with Gasteiger partial charge in [-0.25, -0.2) is 15.3 Å². The topological polar surface area (TPSA) is 155 Å². The summed E-state index contributed by atoms with van der Waals surface area (Å²) in [5.74, 6) is -0.725. The van der Waals surface area contributed by atoms with Crippen LogP contribution in [0, 0.1) is 26.0 Å². The molecule has 53 heavy (non-hydrogen) atoms. The van der Waals surface area contributed by atoms with Gasteiger partial charge in [0, 0.05) is 29.2 Å². The number of hydrogen-bond donors (Lipinski definition) is 3. The molecule has 0 aliphatic heterocycles. The SMILES string of the molecule is CO.Cc1cc(-c2ccccc2)nn1[BH-](n1nc(-c2ccccc2)cc1C)n1nc(-c2ccccc2)cc1C.O=C(N[O-])c1n[nH]c2ccccc12.[Zn+2]. The summed E-state index contributed by atoms with van der Waals surface area (Å²) in [6.07, 6.45) is 0. The van der Waals surface area contributed by atoms with Gasteiger partial charge in [-0.1, -0.05) is 109 Å². The van der Waals surface area contributed by atoms with Crippen molar-refractivity contribution >= 4 is 23.9 Å². The summed E-state index contributed by atoms with van der Waals surface area (Å²) in [6.45, 7) is 6.31. The first kappa shape index (κ1) is 38.3. The van der Waals surface area contributed by atoms with E-state index in [0.29, 0.717) is 5.39 Å². The fraction of sp³-hybridized carbons (Fsp3) is 0.103. The van der Waals surface area contributed by atoms with Gasteiger partial charge in [-0.15, -0.1) is 0 Å². The van der Waals surface area contributed by atoms with Crippen molar-refractivity contribution in [3.8, 4) is 33.8 Å². The number of aryl methyl sites for hydroxylation is 3. The molecule has 0 unspecified atom stereocenters. The Balaban J connectivity index is 0.000000284. The van der Waals surface area contributed by atoms with Crippen LogP contribution < -0.4 is 5.48 Å². The molecular weight excluding hydrogens is 719 g/mol. The van der Waals surface area contributed by atoms with Crippen molar-refractivity contribution in [2.75, 3.05) is 7.11 Å². The number of carbonyl (C=O) groups excluding carboxylic acids is 1. The van der Waals surface area contributed by atoms with Gasteiger partial charge >= 0.3 is 26.6 Å². The van der Waals surface area contributed by atoms with Gasteiger partial charge in [0.1, 0.15) is 0 Å². The number of hydrogen-bond acceptors (Lipinski definition) is 7. The van der Waals surface area contributed by atoms with Crippen molar-refractivity contribution < 1.29 is 29.4 Å². The van der Waals surface area contributed by atoms with E-state index in [2.05, 4.69) is 99.3 Å². The Morgan fingerprint density at radius 3 is 1.36 bits per heavy atom. The van der Waals surface area contributed by atoms with Gasteiger partial charge in [0.2, 0.25) is 0 Å². The number of hydroxylamine groups is 1. The molecule has 4 aromatic heterocycles. The molecule has 0 aliphatic carbocycles. The molecule has 8 aromatic rings. The third-order valence-electron chi connectivity index (χ3n) is 8.73. The van der Waals surface area contributed by atoms with Crippen LogP contribution in [0.15, 0.2) is 133 Å². The Labute approximate surface area is 320 Å². The predicted octanol–water partition coefficient (Wildman–Crippen LogP) is 6.26. The third-order valence-corrected chi connectivity index (χ3v) is 8.73. The first-order valence-electron chi connectivity index (χ1n) is 16.7. The second-order valence-electron chi connectivity index (χ2n) is 12.1. The van der Waals surface area contributed by atoms with E-state index in [0.717, 1.165) is 63.5 Å². The van der Waals surface area contributed by atoms with Crippen molar-refractivity contribution in [2.24, 2.45) is 0 Å². The number of H-pyrrole nitrogens is 1. The summed E-state index contributed by atoms with van der Waals surface area (Å²) >= 11 is 0. The number of rotatable bonds is 7. The number of para-hydroxylation sites is 1. The molecule has 4 heterocycles. The van der Waals surface area contributed by atoms with Crippen molar-refractivity contribution in [1.29, 1.82) is 0 Å². The first-order valence-corrected chi connectivity index (χ1v) is 16.7. The van der Waals surface area contributed by atoms with Crippen LogP contribution in [0.1, 0.15) is 27.6 Å². The number of nitrogens with zero attached hydrogens (tertiary/aromatic N) is 7. The van der Waals surface area contributed by atoms with E-state index in [1.54, 1.807) is 18.2 Å². The van der Waals surface area contributed by atoms with Crippen molar-refractivity contribution in [2.45, 2.75) is 20.8 Å². The molecule has 14 heteroatoms. The molecule has 0 aliphatic rings. The third kappa shape index (κ3) is 8.26. The first-order chi connectivity index (χ1) is 25.4. The molecule has 12 nitrogen and oxygen atoms in total. The van der Waals surface area contributed by atoms with Gasteiger partial charge in [-0.2, -0.15) is 5.10 Å². The van der Waals surface area contributed by atoms with Gasteiger partial charge in [0.25, 0.3) is 5.91 Å². The largest absolute Gasteiger partial charge is 2.00 e. The number of aliphatic hydroxyl groups is 1. The van der Waals surface area contributed by atoms with Crippen LogP contribution in [-0.2, 0) is 19.5 Å². The number of carbonyl (C=O) groups is 1. The minimum Gasteiger partial charge on any atom is -0.759 e. The summed E-state index contributed by atoms with van der Waals surface area (Å²) in [6, 6.07) is 44.4. The predicted molar refractivity (Wildman–Crippen MR) is 206 cm³/mol. The van der Waals surface area contributed by atoms with E-state index in [1.165, 1.54) is 5.48 Å². The zero-order chi connectivity index (χ0) is 36.6. The average molecular weight is 757 g/mol. The molecule has 4 aromatic carbocycles. The zero-order valence-corrected chi connectivity index (χ0v) is 33.0. The van der Waals surface area contributed by atoms with Gasteiger partial charge in [-0.05, 0) is 62.1 Å². The maximum absolute atomic E-state index is 11.0. The standard InChI is InChI=1S/C30H28BN6.C8H6N3O2.CH4O.Zn/c1-22-19-28(25-13-7-4-8-14-25)32-35(22)31(36-23(2)20-29(33-36)26-15-9-5-10-16-26)37-24(3)21-30(34-37)27-17-11-6-12-18-27;12-8(11-13)7-5-3-1-2-4-6(5)9-10-7;1-2;/h4-21,31H,1-3H3;1-4H,(H2-,9,10,11,12,13);2H,1H3;/q2*-1;;+2. The maximum Gasteiger partial charge on any atom is 2.00 e. The quantitative estimate of drug-likeness (QED) is 0.128. The zero-order valence-electron chi connectivity index (χ0n) is 30.0. The van der Waals surface area contributed by atoms with Crippen molar-refractivity contribution in [1.82, 2.24) is 44.8 Å². The summed E-state index contributed by atoms with van der Waals surface area (Å²) in [7, 11) is -0.555. The van der Waals surface area contributed by atoms with E-state index in [1.807, 2.05) is 60.7 Å². The summed E-state index contributed by atoms with van der Waals surface area (Å²) in [5.41, 5.74) is 11.4. The van der Waals surface area contributed by atoms with Crippen LogP contribution in [0.2, 0.25) is 0 Å². The summed E-state index contributed by atoms with van der Waals surface area (Å²) in [4.78, 5) is 11.0. The molecule has 0 atom stereocenters. The van der Waals surface area contributed by atoms with E-state index in [-0.39, 0.29) is 25.2 Å². The Morgan fingerprint density at radius 2 is 0.981 bits per heavy atom. The van der Waals surface area contributed by atoms with Crippen molar-refractivity contribution in [3.63, 3.8) is 0 Å². The number of aliphatic hydroxyl groups excluding tert-OH is 1. The number of aromatic amines is 1. The fourth-order valence-corrected chi connectivity index (χ4v) is 6.20. The Kier molecular flexibility index (Phi) is 12.7. The van der Waals surface area contributed by atoms with Crippen LogP contribution in [0.25, 0.3) is 44.7 Å². The van der Waals surface area contributed by atoms with Crippen LogP contribution in [-0.4, -0.2) is 64.5 Å². The molecule has 0 fully saturated rings. The van der Waals surface area contributed by atoms with Gasteiger partial charge < -0.3 is 29.6 Å². The fourth-order valence-electron chi connectivity index (χ4n) is 6.20. The average Bonchev–Trinajstić information content (AvgIpc) is 4.00. The van der Waals surface area contributed by atoms with E-state index < -0.39 is 13.0 Å². The maximum atomic E-state index is 11.0. The van der Waals surface area contributed by atoms with Crippen LogP contribution in [0.4, 0.5) is 0 Å². The molecule has 0 spiro atoms. The van der Waals surface area contributed by atoms with Crippen LogP contribution >= 0.6 is 0 Å². The number of amides is 1. The summed E-state index contributed by atoms with van der Waals surface area (Å²) < 4.78 is 6.31. The molecule has 0 saturated heterocycles. The minimum absolute atomic E-state index is 0. The molecule has 3 N–H and O–H groups in total. The Morgan fingerprint density at radius 1 is 0.623 bits per heavy atom. The van der Waals surface area contributed by atoms with E-state index in [9.17, 15) is 10.0 Å². The minimum atomic E-state index is -1.55. The molecule has 0 bridgehead atoms. The number of benzene rings is 4. The number of nitrogens with one attached hydrogen (secondary N) is 2. The molecule has 0 radical (unpaired) electrons. The molecule has 262 valence electrons. The second-order valence-corrected chi connectivity index (χ2v) is 12.1. The summed E-state index contributed by atoms with van der Waals surface area (Å²) in [5, 5.41) is 39.5. The molecule has 0 saturated carbocycles. The van der Waals surface area contributed by atoms with Gasteiger partial charge in [0.15, 0.2) is 5.69 Å². The van der Waals surface area contributed by atoms with Crippen LogP contribution in [0.3, 0.4) is 0 Å². The normalized spacial score (nSPS) is 10.5. The number of aromatic nitrogens is 8. The van der Waals surface area contributed by atoms with Crippen LogP contribution in [0.5, 0.6) is 0 Å². The van der Waals surface area contributed by atoms with Crippen molar-refractivity contribution in [3.05, 3.63) is 161 Å². The Bertz CT molecular complexity index is 2190. The van der Waals surface area contributed by atoms with Gasteiger partial charge in [0.05, 0.1) is 22.6 Å². The molecule has 1 amide bonds. The molecule has 8 rings (SSSR count). The Hall–Kier alpha value is -5.94. The molecular formula is C39H38BN9O3Zn. The number of fused-ring (bicyclic) bond motifs is 1.